The molecular weight excluding hydrogens is 302 g/mol. The molecule has 0 unspecified atom stereocenters. The molecule has 0 atom stereocenters. The molecule has 0 aliphatic heterocycles. The van der Waals surface area contributed by atoms with Crippen LogP contribution in [0.25, 0.3) is 0 Å². The highest BCUT2D eigenvalue weighted by molar-refractivity contribution is 7.99. The summed E-state index contributed by atoms with van der Waals surface area (Å²) in [6, 6.07) is 9.80. The molecule has 22 heavy (non-hydrogen) atoms. The summed E-state index contributed by atoms with van der Waals surface area (Å²) in [6.07, 6.45) is 0.749. The van der Waals surface area contributed by atoms with Gasteiger partial charge in [0.25, 0.3) is 5.95 Å². The van der Waals surface area contributed by atoms with Crippen molar-refractivity contribution >= 4 is 29.3 Å². The van der Waals surface area contributed by atoms with Crippen molar-refractivity contribution in [3.63, 3.8) is 0 Å². The van der Waals surface area contributed by atoms with E-state index >= 15 is 0 Å². The van der Waals surface area contributed by atoms with Gasteiger partial charge in [0.05, 0.1) is 11.5 Å². The number of nitrogens with one attached hydrogen (secondary N) is 1. The molecule has 8 nitrogen and oxygen atoms in total. The molecule has 0 saturated carbocycles. The fraction of sp³-hybridized carbons (Fsp3) is 0.231. The van der Waals surface area contributed by atoms with Crippen molar-refractivity contribution in [2.45, 2.75) is 18.5 Å². The number of nitrogen functional groups attached to an aromatic ring is 1. The summed E-state index contributed by atoms with van der Waals surface area (Å²) in [5.41, 5.74) is 9.76. The minimum absolute atomic E-state index is 0.0861. The van der Waals surface area contributed by atoms with Gasteiger partial charge < -0.3 is 11.6 Å². The SMILES string of the molecule is CC/C(=N\Nc1nnc(SCC(N)=O)n1N)c1ccccc1. The maximum atomic E-state index is 10.8. The molecule has 1 heterocycles. The van der Waals surface area contributed by atoms with Crippen LogP contribution in [0, 0.1) is 0 Å². The van der Waals surface area contributed by atoms with E-state index < -0.39 is 5.91 Å². The minimum Gasteiger partial charge on any atom is -0.369 e. The molecule has 1 aromatic heterocycles. The van der Waals surface area contributed by atoms with Gasteiger partial charge >= 0.3 is 0 Å². The number of nitrogens with two attached hydrogens (primary N) is 2. The third kappa shape index (κ3) is 3.98. The predicted octanol–water partition coefficient (Wildman–Crippen LogP) is 0.796. The maximum absolute atomic E-state index is 10.8. The first-order valence-corrected chi connectivity index (χ1v) is 7.60. The number of hydrogen-bond donors (Lipinski definition) is 3. The fourth-order valence-corrected chi connectivity index (χ4v) is 2.28. The van der Waals surface area contributed by atoms with Crippen LogP contribution in [0.2, 0.25) is 0 Å². The van der Waals surface area contributed by atoms with E-state index in [4.69, 9.17) is 11.6 Å². The molecule has 2 rings (SSSR count). The number of aromatic nitrogens is 3. The topological polar surface area (TPSA) is 124 Å². The number of hydrogen-bond acceptors (Lipinski definition) is 7. The zero-order valence-electron chi connectivity index (χ0n) is 12.1. The monoisotopic (exact) mass is 319 g/mol. The van der Waals surface area contributed by atoms with Gasteiger partial charge in [0.15, 0.2) is 0 Å². The van der Waals surface area contributed by atoms with Crippen molar-refractivity contribution in [2.75, 3.05) is 17.0 Å². The lowest BCUT2D eigenvalue weighted by Gasteiger charge is -2.05. The van der Waals surface area contributed by atoms with Crippen LogP contribution in [0.1, 0.15) is 18.9 Å². The van der Waals surface area contributed by atoms with Gasteiger partial charge in [0.1, 0.15) is 0 Å². The molecule has 0 spiro atoms. The Morgan fingerprint density at radius 2 is 2.09 bits per heavy atom. The van der Waals surface area contributed by atoms with Crippen molar-refractivity contribution < 1.29 is 4.79 Å². The standard InChI is InChI=1S/C13H17N7OS/c1-2-10(9-6-4-3-5-7-9)16-17-12-18-19-13(20(12)15)22-8-11(14)21/h3-7H,2,8,15H2,1H3,(H2,14,21)(H,17,18)/b16-10+. The summed E-state index contributed by atoms with van der Waals surface area (Å²) in [5.74, 6) is 5.77. The number of amides is 1. The normalized spacial score (nSPS) is 11.4. The second kappa shape index (κ2) is 7.46. The highest BCUT2D eigenvalue weighted by Crippen LogP contribution is 2.16. The van der Waals surface area contributed by atoms with Crippen LogP contribution in [0.3, 0.4) is 0 Å². The van der Waals surface area contributed by atoms with E-state index in [1.54, 1.807) is 0 Å². The van der Waals surface area contributed by atoms with Crippen molar-refractivity contribution in [2.24, 2.45) is 10.8 Å². The predicted molar refractivity (Wildman–Crippen MR) is 87.0 cm³/mol. The van der Waals surface area contributed by atoms with Crippen molar-refractivity contribution in [1.82, 2.24) is 14.9 Å². The highest BCUT2D eigenvalue weighted by Gasteiger charge is 2.11. The Labute approximate surface area is 131 Å². The van der Waals surface area contributed by atoms with Crippen LogP contribution in [-0.4, -0.2) is 32.2 Å². The number of benzene rings is 1. The Morgan fingerprint density at radius 3 is 2.73 bits per heavy atom. The number of nitrogens with zero attached hydrogens (tertiary/aromatic N) is 4. The smallest absolute Gasteiger partial charge is 0.264 e. The minimum atomic E-state index is -0.446. The molecule has 0 aliphatic rings. The van der Waals surface area contributed by atoms with Gasteiger partial charge in [0.2, 0.25) is 11.1 Å². The molecule has 0 radical (unpaired) electrons. The Balaban J connectivity index is 2.10. The van der Waals surface area contributed by atoms with Crippen molar-refractivity contribution in [3.05, 3.63) is 35.9 Å². The summed E-state index contributed by atoms with van der Waals surface area (Å²) in [7, 11) is 0. The first-order chi connectivity index (χ1) is 10.6. The quantitative estimate of drug-likeness (QED) is 0.300. The number of carbonyl (C=O) groups excluding carboxylic acids is 1. The first-order valence-electron chi connectivity index (χ1n) is 6.61. The Hall–Kier alpha value is -2.55. The summed E-state index contributed by atoms with van der Waals surface area (Å²) in [6.45, 7) is 2.01. The van der Waals surface area contributed by atoms with Crippen molar-refractivity contribution in [3.8, 4) is 0 Å². The number of primary amides is 1. The fourth-order valence-electron chi connectivity index (χ4n) is 1.68. The zero-order chi connectivity index (χ0) is 15.9. The van der Waals surface area contributed by atoms with E-state index in [2.05, 4.69) is 20.7 Å². The molecule has 9 heteroatoms. The largest absolute Gasteiger partial charge is 0.369 e. The number of rotatable bonds is 7. The average Bonchev–Trinajstić information content (AvgIpc) is 2.87. The first kappa shape index (κ1) is 15.8. The summed E-state index contributed by atoms with van der Waals surface area (Å²) in [5, 5.41) is 12.5. The van der Waals surface area contributed by atoms with Crippen LogP contribution in [0.15, 0.2) is 40.6 Å². The van der Waals surface area contributed by atoms with Crippen molar-refractivity contribution in [1.29, 1.82) is 0 Å². The Morgan fingerprint density at radius 1 is 1.36 bits per heavy atom. The van der Waals surface area contributed by atoms with Crippen LogP contribution in [0.4, 0.5) is 5.95 Å². The van der Waals surface area contributed by atoms with E-state index in [9.17, 15) is 4.79 Å². The summed E-state index contributed by atoms with van der Waals surface area (Å²) >= 11 is 1.11. The third-order valence-corrected chi connectivity index (χ3v) is 3.71. The summed E-state index contributed by atoms with van der Waals surface area (Å²) < 4.78 is 1.23. The van der Waals surface area contributed by atoms with Gasteiger partial charge in [-0.3, -0.25) is 4.79 Å². The van der Waals surface area contributed by atoms with E-state index in [0.717, 1.165) is 29.5 Å². The molecule has 0 aliphatic carbocycles. The number of anilines is 1. The second-order valence-electron chi connectivity index (χ2n) is 4.32. The zero-order valence-corrected chi connectivity index (χ0v) is 12.9. The van der Waals surface area contributed by atoms with Gasteiger partial charge in [-0.05, 0) is 12.0 Å². The van der Waals surface area contributed by atoms with Crippen LogP contribution >= 0.6 is 11.8 Å². The molecule has 1 aromatic carbocycles. The molecular formula is C13H17N7OS. The Kier molecular flexibility index (Phi) is 5.37. The maximum Gasteiger partial charge on any atom is 0.264 e. The Bertz CT molecular complexity index is 668. The lowest BCUT2D eigenvalue weighted by molar-refractivity contribution is -0.115. The van der Waals surface area contributed by atoms with Gasteiger partial charge in [0, 0.05) is 0 Å². The lowest BCUT2D eigenvalue weighted by Crippen LogP contribution is -2.17. The summed E-state index contributed by atoms with van der Waals surface area (Å²) in [4.78, 5) is 10.8. The van der Waals surface area contributed by atoms with E-state index in [-0.39, 0.29) is 11.7 Å². The highest BCUT2D eigenvalue weighted by atomic mass is 32.2. The number of carbonyl (C=O) groups is 1. The van der Waals surface area contributed by atoms with Gasteiger partial charge in [-0.25, -0.2) is 10.1 Å². The lowest BCUT2D eigenvalue weighted by atomic mass is 10.1. The third-order valence-electron chi connectivity index (χ3n) is 2.74. The van der Waals surface area contributed by atoms with E-state index in [0.29, 0.717) is 5.16 Å². The average molecular weight is 319 g/mol. The number of thioether (sulfide) groups is 1. The van der Waals surface area contributed by atoms with Gasteiger partial charge in [-0.15, -0.1) is 10.2 Å². The van der Waals surface area contributed by atoms with E-state index in [1.807, 2.05) is 37.3 Å². The number of hydrazone groups is 1. The molecule has 5 N–H and O–H groups in total. The molecule has 0 saturated heterocycles. The van der Waals surface area contributed by atoms with Gasteiger partial charge in [-0.2, -0.15) is 5.10 Å². The van der Waals surface area contributed by atoms with Crippen LogP contribution in [-0.2, 0) is 4.79 Å². The molecule has 0 fully saturated rings. The van der Waals surface area contributed by atoms with Crippen LogP contribution in [0.5, 0.6) is 0 Å². The van der Waals surface area contributed by atoms with Crippen LogP contribution < -0.4 is 17.0 Å². The van der Waals surface area contributed by atoms with Gasteiger partial charge in [-0.1, -0.05) is 49.0 Å². The van der Waals surface area contributed by atoms with E-state index in [1.165, 1.54) is 4.68 Å². The molecule has 0 bridgehead atoms. The molecule has 1 amide bonds. The second-order valence-corrected chi connectivity index (χ2v) is 5.26. The molecule has 2 aromatic rings. The molecule has 116 valence electrons.